The molecule has 2 aromatic carbocycles. The summed E-state index contributed by atoms with van der Waals surface area (Å²) in [5.74, 6) is -0.0406. The number of hydrogen-bond donors (Lipinski definition) is 2. The van der Waals surface area contributed by atoms with E-state index < -0.39 is 10.0 Å². The molecule has 1 saturated carbocycles. The summed E-state index contributed by atoms with van der Waals surface area (Å²) < 4.78 is 27.5. The Morgan fingerprint density at radius 2 is 1.81 bits per heavy atom. The second kappa shape index (κ2) is 7.21. The van der Waals surface area contributed by atoms with Crippen LogP contribution in [0.3, 0.4) is 0 Å². The van der Waals surface area contributed by atoms with Crippen LogP contribution in [0.2, 0.25) is 0 Å². The van der Waals surface area contributed by atoms with Crippen molar-refractivity contribution in [2.24, 2.45) is 0 Å². The van der Waals surface area contributed by atoms with Crippen LogP contribution in [-0.4, -0.2) is 20.4 Å². The van der Waals surface area contributed by atoms with Gasteiger partial charge in [0.15, 0.2) is 0 Å². The van der Waals surface area contributed by atoms with E-state index in [2.05, 4.69) is 23.9 Å². The fourth-order valence-electron chi connectivity index (χ4n) is 2.81. The molecule has 0 bridgehead atoms. The van der Waals surface area contributed by atoms with Gasteiger partial charge in [0.2, 0.25) is 10.0 Å². The fourth-order valence-corrected chi connectivity index (χ4v) is 4.14. The van der Waals surface area contributed by atoms with Gasteiger partial charge in [0, 0.05) is 17.3 Å². The lowest BCUT2D eigenvalue weighted by molar-refractivity contribution is 0.102. The number of benzene rings is 2. The van der Waals surface area contributed by atoms with Gasteiger partial charge in [-0.2, -0.15) is 0 Å². The highest BCUT2D eigenvalue weighted by Crippen LogP contribution is 2.26. The molecular weight excluding hydrogens is 348 g/mol. The lowest BCUT2D eigenvalue weighted by atomic mass is 10.0. The van der Waals surface area contributed by atoms with E-state index in [4.69, 9.17) is 0 Å². The van der Waals surface area contributed by atoms with Crippen LogP contribution in [-0.2, 0) is 10.0 Å². The standard InChI is InChI=1S/C20H24N2O3S/c1-13(2)17-6-4-5-7-19(17)21-20(23)18-12-16(11-8-14(18)3)26(24,25)22-15-9-10-15/h4-8,11-13,15,22H,9-10H2,1-3H3,(H,21,23). The van der Waals surface area contributed by atoms with Gasteiger partial charge < -0.3 is 5.32 Å². The largest absolute Gasteiger partial charge is 0.322 e. The summed E-state index contributed by atoms with van der Waals surface area (Å²) in [7, 11) is -3.59. The third-order valence-corrected chi connectivity index (χ3v) is 6.01. The van der Waals surface area contributed by atoms with Gasteiger partial charge in [-0.05, 0) is 55.0 Å². The minimum atomic E-state index is -3.59. The maximum Gasteiger partial charge on any atom is 0.255 e. The first-order valence-electron chi connectivity index (χ1n) is 8.81. The highest BCUT2D eigenvalue weighted by atomic mass is 32.2. The van der Waals surface area contributed by atoms with E-state index in [0.717, 1.165) is 29.7 Å². The quantitative estimate of drug-likeness (QED) is 0.810. The average molecular weight is 372 g/mol. The predicted octanol–water partition coefficient (Wildman–Crippen LogP) is 3.81. The smallest absolute Gasteiger partial charge is 0.255 e. The van der Waals surface area contributed by atoms with E-state index >= 15 is 0 Å². The van der Waals surface area contributed by atoms with Crippen LogP contribution in [0.4, 0.5) is 5.69 Å². The second-order valence-corrected chi connectivity index (χ2v) is 8.78. The molecule has 1 aliphatic carbocycles. The van der Waals surface area contributed by atoms with Crippen molar-refractivity contribution in [1.82, 2.24) is 4.72 Å². The molecule has 3 rings (SSSR count). The van der Waals surface area contributed by atoms with E-state index in [9.17, 15) is 13.2 Å². The molecule has 0 unspecified atom stereocenters. The molecule has 2 N–H and O–H groups in total. The van der Waals surface area contributed by atoms with Crippen molar-refractivity contribution >= 4 is 21.6 Å². The topological polar surface area (TPSA) is 75.3 Å². The van der Waals surface area contributed by atoms with Gasteiger partial charge >= 0.3 is 0 Å². The van der Waals surface area contributed by atoms with E-state index in [1.165, 1.54) is 6.07 Å². The maximum atomic E-state index is 12.8. The summed E-state index contributed by atoms with van der Waals surface area (Å²) >= 11 is 0. The zero-order valence-corrected chi connectivity index (χ0v) is 16.1. The molecule has 5 nitrogen and oxygen atoms in total. The third kappa shape index (κ3) is 4.14. The number of para-hydroxylation sites is 1. The molecule has 0 aromatic heterocycles. The molecule has 1 fully saturated rings. The molecule has 0 radical (unpaired) electrons. The Labute approximate surface area is 154 Å². The first kappa shape index (κ1) is 18.6. The van der Waals surface area contributed by atoms with Crippen molar-refractivity contribution in [2.45, 2.75) is 50.5 Å². The first-order valence-corrected chi connectivity index (χ1v) is 10.3. The molecule has 2 aromatic rings. The van der Waals surface area contributed by atoms with Gasteiger partial charge in [-0.3, -0.25) is 4.79 Å². The highest BCUT2D eigenvalue weighted by molar-refractivity contribution is 7.89. The molecule has 0 atom stereocenters. The number of nitrogens with one attached hydrogen (secondary N) is 2. The van der Waals surface area contributed by atoms with E-state index in [1.807, 2.05) is 24.3 Å². The minimum absolute atomic E-state index is 0.0245. The molecule has 138 valence electrons. The van der Waals surface area contributed by atoms with Crippen LogP contribution >= 0.6 is 0 Å². The third-order valence-electron chi connectivity index (χ3n) is 4.49. The number of anilines is 1. The maximum absolute atomic E-state index is 12.8. The molecule has 0 spiro atoms. The number of aryl methyl sites for hydroxylation is 1. The second-order valence-electron chi connectivity index (χ2n) is 7.07. The molecule has 0 aliphatic heterocycles. The van der Waals surface area contributed by atoms with Crippen molar-refractivity contribution < 1.29 is 13.2 Å². The fraction of sp³-hybridized carbons (Fsp3) is 0.350. The number of sulfonamides is 1. The van der Waals surface area contributed by atoms with E-state index in [-0.39, 0.29) is 22.8 Å². The number of rotatable bonds is 6. The van der Waals surface area contributed by atoms with E-state index in [1.54, 1.807) is 19.1 Å². The Bertz CT molecular complexity index is 932. The van der Waals surface area contributed by atoms with Crippen molar-refractivity contribution in [3.63, 3.8) is 0 Å². The first-order chi connectivity index (χ1) is 12.3. The number of hydrogen-bond acceptors (Lipinski definition) is 3. The van der Waals surface area contributed by atoms with Gasteiger partial charge in [0.25, 0.3) is 5.91 Å². The van der Waals surface area contributed by atoms with Crippen molar-refractivity contribution in [1.29, 1.82) is 0 Å². The molecule has 1 amide bonds. The number of carbonyl (C=O) groups is 1. The molecular formula is C20H24N2O3S. The zero-order valence-electron chi connectivity index (χ0n) is 15.2. The summed E-state index contributed by atoms with van der Waals surface area (Å²) in [6.07, 6.45) is 1.73. The summed E-state index contributed by atoms with van der Waals surface area (Å²) in [4.78, 5) is 12.9. The van der Waals surface area contributed by atoms with Gasteiger partial charge in [-0.15, -0.1) is 0 Å². The molecule has 0 saturated heterocycles. The van der Waals surface area contributed by atoms with Crippen molar-refractivity contribution in [3.05, 3.63) is 59.2 Å². The average Bonchev–Trinajstić information content (AvgIpc) is 3.38. The summed E-state index contributed by atoms with van der Waals surface area (Å²) in [6.45, 7) is 5.92. The normalized spacial score (nSPS) is 14.5. The van der Waals surface area contributed by atoms with Crippen LogP contribution in [0.5, 0.6) is 0 Å². The predicted molar refractivity (Wildman–Crippen MR) is 103 cm³/mol. The Hall–Kier alpha value is -2.18. The van der Waals surface area contributed by atoms with Crippen LogP contribution in [0, 0.1) is 6.92 Å². The monoisotopic (exact) mass is 372 g/mol. The zero-order chi connectivity index (χ0) is 18.9. The van der Waals surface area contributed by atoms with Gasteiger partial charge in [0.05, 0.1) is 4.90 Å². The highest BCUT2D eigenvalue weighted by Gasteiger charge is 2.28. The SMILES string of the molecule is Cc1ccc(S(=O)(=O)NC2CC2)cc1C(=O)Nc1ccccc1C(C)C. The molecule has 0 heterocycles. The lowest BCUT2D eigenvalue weighted by Gasteiger charge is -2.15. The van der Waals surface area contributed by atoms with Gasteiger partial charge in [0.1, 0.15) is 0 Å². The molecule has 26 heavy (non-hydrogen) atoms. The Kier molecular flexibility index (Phi) is 5.16. The van der Waals surface area contributed by atoms with E-state index in [0.29, 0.717) is 5.56 Å². The van der Waals surface area contributed by atoms with Crippen molar-refractivity contribution in [2.75, 3.05) is 5.32 Å². The number of amides is 1. The van der Waals surface area contributed by atoms with Crippen LogP contribution < -0.4 is 10.0 Å². The molecule has 1 aliphatic rings. The van der Waals surface area contributed by atoms with Gasteiger partial charge in [-0.25, -0.2) is 13.1 Å². The Morgan fingerprint density at radius 1 is 1.12 bits per heavy atom. The minimum Gasteiger partial charge on any atom is -0.322 e. The van der Waals surface area contributed by atoms with Gasteiger partial charge in [-0.1, -0.05) is 38.1 Å². The lowest BCUT2D eigenvalue weighted by Crippen LogP contribution is -2.26. The van der Waals surface area contributed by atoms with Crippen LogP contribution in [0.25, 0.3) is 0 Å². The summed E-state index contributed by atoms with van der Waals surface area (Å²) in [5, 5.41) is 2.93. The number of carbonyl (C=O) groups excluding carboxylic acids is 1. The summed E-state index contributed by atoms with van der Waals surface area (Å²) in [5.41, 5.74) is 2.88. The molecule has 6 heteroatoms. The Morgan fingerprint density at radius 3 is 2.46 bits per heavy atom. The van der Waals surface area contributed by atoms with Crippen molar-refractivity contribution in [3.8, 4) is 0 Å². The van der Waals surface area contributed by atoms with Crippen LogP contribution in [0.1, 0.15) is 54.1 Å². The summed E-state index contributed by atoms with van der Waals surface area (Å²) in [6, 6.07) is 12.3. The Balaban J connectivity index is 1.89. The van der Waals surface area contributed by atoms with Crippen LogP contribution in [0.15, 0.2) is 47.4 Å².